The van der Waals surface area contributed by atoms with Crippen LogP contribution in [0.15, 0.2) is 12.4 Å². The molecule has 0 saturated heterocycles. The molecule has 0 radical (unpaired) electrons. The van der Waals surface area contributed by atoms with Gasteiger partial charge in [-0.2, -0.15) is 0 Å². The number of hydrogen-bond donors (Lipinski definition) is 1. The summed E-state index contributed by atoms with van der Waals surface area (Å²) in [5.41, 5.74) is 0. The van der Waals surface area contributed by atoms with Crippen molar-refractivity contribution < 1.29 is 6.22 Å². The number of imidazole rings is 1. The second-order valence-electron chi connectivity index (χ2n) is 1.49. The van der Waals surface area contributed by atoms with Crippen LogP contribution in [0.25, 0.3) is 0 Å². The first-order valence-electron chi connectivity index (χ1n) is 3.31. The maximum atomic E-state index is 10.4. The van der Waals surface area contributed by atoms with Crippen molar-refractivity contribution in [1.29, 1.82) is 0 Å². The first-order valence-corrected chi connectivity index (χ1v) is 3.31. The van der Waals surface area contributed by atoms with E-state index >= 15 is 0 Å². The van der Waals surface area contributed by atoms with Crippen molar-refractivity contribution in [2.45, 2.75) is 20.8 Å². The van der Waals surface area contributed by atoms with E-state index in [1.54, 1.807) is 12.4 Å². The van der Waals surface area contributed by atoms with Gasteiger partial charge in [-0.25, -0.2) is 4.98 Å². The van der Waals surface area contributed by atoms with Gasteiger partial charge in [0.15, 0.2) is 11.6 Å². The summed E-state index contributed by atoms with van der Waals surface area (Å²) in [6, 6.07) is 0. The Balaban J connectivity index is 0. The van der Waals surface area contributed by atoms with E-state index in [9.17, 15) is 4.79 Å². The van der Waals surface area contributed by atoms with Crippen LogP contribution >= 0.6 is 0 Å². The van der Waals surface area contributed by atoms with Gasteiger partial charge < -0.3 is 4.98 Å². The van der Waals surface area contributed by atoms with Crippen LogP contribution in [-0.4, -0.2) is 15.8 Å². The van der Waals surface area contributed by atoms with Gasteiger partial charge >= 0.3 is 0 Å². The molecule has 58 valence electrons. The van der Waals surface area contributed by atoms with Gasteiger partial charge in [-0.3, -0.25) is 4.79 Å². The van der Waals surface area contributed by atoms with Gasteiger partial charge in [0.25, 0.3) is 0 Å². The number of H-pyrrole nitrogens is 1. The number of aromatic amines is 1. The van der Waals surface area contributed by atoms with Crippen LogP contribution in [0.2, 0.25) is 0 Å². The van der Waals surface area contributed by atoms with Crippen molar-refractivity contribution >= 4 is 5.78 Å². The highest BCUT2D eigenvalue weighted by molar-refractivity contribution is 5.90. The Hall–Kier alpha value is -1.12. The lowest BCUT2D eigenvalue weighted by molar-refractivity contribution is 0.100. The van der Waals surface area contributed by atoms with Crippen LogP contribution in [-0.2, 0) is 0 Å². The summed E-state index contributed by atoms with van der Waals surface area (Å²) >= 11 is 0. The largest absolute Gasteiger partial charge is 0.342 e. The number of hydrogen-bond acceptors (Lipinski definition) is 2. The quantitative estimate of drug-likeness (QED) is 0.608. The van der Waals surface area contributed by atoms with E-state index in [4.69, 9.17) is 0 Å². The van der Waals surface area contributed by atoms with Crippen molar-refractivity contribution in [3.8, 4) is 0 Å². The van der Waals surface area contributed by atoms with Gasteiger partial charge in [-0.1, -0.05) is 13.8 Å². The molecule has 3 nitrogen and oxygen atoms in total. The summed E-state index contributed by atoms with van der Waals surface area (Å²) in [6.07, 6.45) is 3.17. The SMILES string of the molecule is CC.CC(=O)c1ncc[nH]1.[HH]. The Morgan fingerprint density at radius 2 is 2.30 bits per heavy atom. The van der Waals surface area contributed by atoms with E-state index < -0.39 is 0 Å². The third-order valence-electron chi connectivity index (χ3n) is 0.832. The average Bonchev–Trinajstić information content (AvgIpc) is 2.42. The maximum Gasteiger partial charge on any atom is 0.194 e. The lowest BCUT2D eigenvalue weighted by Crippen LogP contribution is -1.92. The van der Waals surface area contributed by atoms with Crippen LogP contribution in [0.5, 0.6) is 0 Å². The van der Waals surface area contributed by atoms with E-state index in [1.165, 1.54) is 6.92 Å². The molecular formula is C7H14N2O. The molecule has 0 aliphatic carbocycles. The molecule has 0 atom stereocenters. The molecule has 1 rings (SSSR count). The van der Waals surface area contributed by atoms with Crippen molar-refractivity contribution in [1.82, 2.24) is 9.97 Å². The highest BCUT2D eigenvalue weighted by Crippen LogP contribution is 1.86. The van der Waals surface area contributed by atoms with E-state index in [0.717, 1.165) is 0 Å². The van der Waals surface area contributed by atoms with E-state index in [1.807, 2.05) is 13.8 Å². The fourth-order valence-corrected chi connectivity index (χ4v) is 0.458. The van der Waals surface area contributed by atoms with E-state index in [-0.39, 0.29) is 7.21 Å². The summed E-state index contributed by atoms with van der Waals surface area (Å²) < 4.78 is 0. The van der Waals surface area contributed by atoms with Crippen LogP contribution in [0.3, 0.4) is 0 Å². The Labute approximate surface area is 62.0 Å². The van der Waals surface area contributed by atoms with Gasteiger partial charge in [0.05, 0.1) is 0 Å². The fourth-order valence-electron chi connectivity index (χ4n) is 0.458. The molecule has 0 spiro atoms. The monoisotopic (exact) mass is 142 g/mol. The minimum absolute atomic E-state index is 0. The molecular weight excluding hydrogens is 128 g/mol. The maximum absolute atomic E-state index is 10.4. The molecule has 0 aliphatic rings. The fraction of sp³-hybridized carbons (Fsp3) is 0.429. The molecule has 1 heterocycles. The summed E-state index contributed by atoms with van der Waals surface area (Å²) in [5, 5.41) is 0. The molecule has 1 N–H and O–H groups in total. The second-order valence-corrected chi connectivity index (χ2v) is 1.49. The van der Waals surface area contributed by atoms with Gasteiger partial charge in [0.1, 0.15) is 0 Å². The number of ketones is 1. The third-order valence-corrected chi connectivity index (χ3v) is 0.832. The zero-order valence-corrected chi connectivity index (χ0v) is 6.51. The van der Waals surface area contributed by atoms with E-state index in [2.05, 4.69) is 9.97 Å². The number of Topliss-reactive ketones (excluding diaryl/α,β-unsaturated/α-hetero) is 1. The van der Waals surface area contributed by atoms with Crippen LogP contribution < -0.4 is 0 Å². The molecule has 0 fully saturated rings. The van der Waals surface area contributed by atoms with Crippen molar-refractivity contribution in [3.05, 3.63) is 18.2 Å². The van der Waals surface area contributed by atoms with E-state index in [0.29, 0.717) is 5.82 Å². The average molecular weight is 142 g/mol. The number of nitrogens with one attached hydrogen (secondary N) is 1. The standard InChI is InChI=1S/C5H6N2O.C2H6.H2/c1-4(8)5-6-2-3-7-5;1-2;/h2-3H,1H3,(H,6,7);1-2H3;1H. The number of rotatable bonds is 1. The molecule has 0 bridgehead atoms. The van der Waals surface area contributed by atoms with Crippen molar-refractivity contribution in [2.75, 3.05) is 0 Å². The summed E-state index contributed by atoms with van der Waals surface area (Å²) in [7, 11) is 0. The lowest BCUT2D eigenvalue weighted by Gasteiger charge is -1.80. The van der Waals surface area contributed by atoms with Crippen molar-refractivity contribution in [3.63, 3.8) is 0 Å². The third kappa shape index (κ3) is 2.44. The topological polar surface area (TPSA) is 45.8 Å². The summed E-state index contributed by atoms with van der Waals surface area (Å²) in [5.74, 6) is 0.389. The molecule has 3 heteroatoms. The van der Waals surface area contributed by atoms with Gasteiger partial charge in [-0.15, -0.1) is 0 Å². The number of carbonyl (C=O) groups is 1. The van der Waals surface area contributed by atoms with Gasteiger partial charge in [-0.05, 0) is 0 Å². The van der Waals surface area contributed by atoms with Crippen molar-refractivity contribution in [2.24, 2.45) is 0 Å². The highest BCUT2D eigenvalue weighted by atomic mass is 16.1. The first kappa shape index (κ1) is 8.88. The first-order chi connectivity index (χ1) is 4.80. The second kappa shape index (κ2) is 4.73. The Bertz CT molecular complexity index is 184. The lowest BCUT2D eigenvalue weighted by atomic mass is 10.4. The number of carbonyl (C=O) groups excluding carboxylic acids is 1. The van der Waals surface area contributed by atoms with Gasteiger partial charge in [0.2, 0.25) is 0 Å². The van der Waals surface area contributed by atoms with Crippen LogP contribution in [0.4, 0.5) is 0 Å². The molecule has 10 heavy (non-hydrogen) atoms. The van der Waals surface area contributed by atoms with Crippen LogP contribution in [0.1, 0.15) is 32.8 Å². The molecule has 0 amide bonds. The Morgan fingerprint density at radius 3 is 2.50 bits per heavy atom. The smallest absolute Gasteiger partial charge is 0.194 e. The minimum atomic E-state index is -0.0324. The Morgan fingerprint density at radius 1 is 1.70 bits per heavy atom. The summed E-state index contributed by atoms with van der Waals surface area (Å²) in [4.78, 5) is 16.8. The predicted molar refractivity (Wildman–Crippen MR) is 42.1 cm³/mol. The normalized spacial score (nSPS) is 7.90. The predicted octanol–water partition coefficient (Wildman–Crippen LogP) is 1.88. The zero-order chi connectivity index (χ0) is 7.98. The number of nitrogens with zero attached hydrogens (tertiary/aromatic N) is 1. The Kier molecular flexibility index (Phi) is 4.20. The zero-order valence-electron chi connectivity index (χ0n) is 6.51. The molecule has 1 aromatic rings. The minimum Gasteiger partial charge on any atom is -0.342 e. The molecule has 0 unspecified atom stereocenters. The molecule has 0 aliphatic heterocycles. The van der Waals surface area contributed by atoms with Crippen LogP contribution in [0, 0.1) is 0 Å². The highest BCUT2D eigenvalue weighted by Gasteiger charge is 1.96. The summed E-state index contributed by atoms with van der Waals surface area (Å²) in [6.45, 7) is 5.47. The van der Waals surface area contributed by atoms with Gasteiger partial charge in [0, 0.05) is 20.7 Å². The molecule has 0 aromatic carbocycles. The molecule has 1 aromatic heterocycles. The molecule has 0 saturated carbocycles. The number of aromatic nitrogens is 2.